The summed E-state index contributed by atoms with van der Waals surface area (Å²) in [6.07, 6.45) is 0.138. The van der Waals surface area contributed by atoms with Crippen LogP contribution >= 0.6 is 27.5 Å². The van der Waals surface area contributed by atoms with Crippen molar-refractivity contribution in [2.45, 2.75) is 13.3 Å². The number of carbonyl (C=O) groups excluding carboxylic acids is 1. The number of hydrogen-bond donors (Lipinski definition) is 0. The van der Waals surface area contributed by atoms with E-state index in [1.165, 1.54) is 6.07 Å². The molecule has 0 unspecified atom stereocenters. The molecule has 0 saturated carbocycles. The molecule has 0 spiro atoms. The Morgan fingerprint density at radius 1 is 1.26 bits per heavy atom. The molecular formula is C15H11BrClFO. The molecule has 0 aromatic heterocycles. The molecule has 0 amide bonds. The Morgan fingerprint density at radius 2 is 1.95 bits per heavy atom. The molecule has 0 heterocycles. The average molecular weight is 342 g/mol. The molecule has 1 nitrogen and oxygen atoms in total. The maximum atomic E-state index is 13.4. The molecule has 2 aromatic carbocycles. The van der Waals surface area contributed by atoms with Gasteiger partial charge in [0.05, 0.1) is 4.47 Å². The standard InChI is InChI=1S/C15H11BrClFO/c1-9-11(5-3-6-12(9)17)14(19)8-10-4-2-7-13(18)15(10)16/h2-7H,8H2,1H3. The van der Waals surface area contributed by atoms with Gasteiger partial charge in [-0.15, -0.1) is 0 Å². The largest absolute Gasteiger partial charge is 0.294 e. The molecule has 0 atom stereocenters. The van der Waals surface area contributed by atoms with Crippen molar-refractivity contribution >= 4 is 33.3 Å². The summed E-state index contributed by atoms with van der Waals surface area (Å²) < 4.78 is 13.7. The van der Waals surface area contributed by atoms with E-state index in [1.54, 1.807) is 37.3 Å². The van der Waals surface area contributed by atoms with E-state index in [2.05, 4.69) is 15.9 Å². The van der Waals surface area contributed by atoms with Crippen LogP contribution < -0.4 is 0 Å². The summed E-state index contributed by atoms with van der Waals surface area (Å²) in [6.45, 7) is 1.80. The number of Topliss-reactive ketones (excluding diaryl/α,β-unsaturated/α-hetero) is 1. The molecule has 0 saturated heterocycles. The minimum atomic E-state index is -0.367. The third-order valence-corrected chi connectivity index (χ3v) is 4.25. The molecule has 98 valence electrons. The minimum absolute atomic E-state index is 0.0775. The van der Waals surface area contributed by atoms with Gasteiger partial charge >= 0.3 is 0 Å². The molecule has 4 heteroatoms. The summed E-state index contributed by atoms with van der Waals surface area (Å²) in [7, 11) is 0. The zero-order valence-corrected chi connectivity index (χ0v) is 12.6. The second kappa shape index (κ2) is 5.85. The van der Waals surface area contributed by atoms with Crippen LogP contribution in [0.5, 0.6) is 0 Å². The molecule has 2 aromatic rings. The highest BCUT2D eigenvalue weighted by atomic mass is 79.9. The van der Waals surface area contributed by atoms with Gasteiger partial charge in [-0.2, -0.15) is 0 Å². The lowest BCUT2D eigenvalue weighted by Crippen LogP contribution is -2.06. The van der Waals surface area contributed by atoms with Gasteiger partial charge in [0, 0.05) is 17.0 Å². The van der Waals surface area contributed by atoms with Crippen molar-refractivity contribution in [1.29, 1.82) is 0 Å². The van der Waals surface area contributed by atoms with Gasteiger partial charge in [-0.05, 0) is 46.1 Å². The van der Waals surface area contributed by atoms with Crippen LogP contribution in [0.3, 0.4) is 0 Å². The first kappa shape index (κ1) is 14.2. The molecule has 0 aliphatic carbocycles. The summed E-state index contributed by atoms with van der Waals surface area (Å²) >= 11 is 9.16. The second-order valence-corrected chi connectivity index (χ2v) is 5.43. The van der Waals surface area contributed by atoms with E-state index >= 15 is 0 Å². The normalized spacial score (nSPS) is 10.5. The van der Waals surface area contributed by atoms with Gasteiger partial charge in [-0.3, -0.25) is 4.79 Å². The van der Waals surface area contributed by atoms with Crippen molar-refractivity contribution in [2.24, 2.45) is 0 Å². The smallest absolute Gasteiger partial charge is 0.167 e. The molecular weight excluding hydrogens is 331 g/mol. The van der Waals surface area contributed by atoms with Gasteiger partial charge in [0.25, 0.3) is 0 Å². The van der Waals surface area contributed by atoms with E-state index in [9.17, 15) is 9.18 Å². The molecule has 0 N–H and O–H groups in total. The van der Waals surface area contributed by atoms with Crippen LogP contribution in [-0.2, 0) is 6.42 Å². The zero-order chi connectivity index (χ0) is 14.0. The maximum Gasteiger partial charge on any atom is 0.167 e. The van der Waals surface area contributed by atoms with Crippen molar-refractivity contribution in [1.82, 2.24) is 0 Å². The first-order chi connectivity index (χ1) is 9.00. The van der Waals surface area contributed by atoms with Crippen LogP contribution in [0.15, 0.2) is 40.9 Å². The lowest BCUT2D eigenvalue weighted by atomic mass is 9.99. The zero-order valence-electron chi connectivity index (χ0n) is 10.2. The Balaban J connectivity index is 2.31. The van der Waals surface area contributed by atoms with Gasteiger partial charge in [0.1, 0.15) is 5.82 Å². The van der Waals surface area contributed by atoms with E-state index in [4.69, 9.17) is 11.6 Å². The molecule has 0 radical (unpaired) electrons. The topological polar surface area (TPSA) is 17.1 Å². The maximum absolute atomic E-state index is 13.4. The monoisotopic (exact) mass is 340 g/mol. The number of ketones is 1. The first-order valence-corrected chi connectivity index (χ1v) is 6.89. The van der Waals surface area contributed by atoms with E-state index in [-0.39, 0.29) is 18.0 Å². The lowest BCUT2D eigenvalue weighted by Gasteiger charge is -2.08. The number of carbonyl (C=O) groups is 1. The number of halogens is 3. The first-order valence-electron chi connectivity index (χ1n) is 5.72. The Kier molecular flexibility index (Phi) is 4.38. The van der Waals surface area contributed by atoms with Crippen molar-refractivity contribution in [2.75, 3.05) is 0 Å². The van der Waals surface area contributed by atoms with Gasteiger partial charge < -0.3 is 0 Å². The summed E-state index contributed by atoms with van der Waals surface area (Å²) in [6, 6.07) is 9.88. The Labute approximate surface area is 124 Å². The van der Waals surface area contributed by atoms with Crippen LogP contribution in [-0.4, -0.2) is 5.78 Å². The lowest BCUT2D eigenvalue weighted by molar-refractivity contribution is 0.0992. The van der Waals surface area contributed by atoms with Crippen molar-refractivity contribution in [3.05, 3.63) is 68.4 Å². The summed E-state index contributed by atoms with van der Waals surface area (Å²) in [4.78, 5) is 12.2. The van der Waals surface area contributed by atoms with Crippen LogP contribution in [0.25, 0.3) is 0 Å². The van der Waals surface area contributed by atoms with E-state index in [0.717, 1.165) is 5.56 Å². The van der Waals surface area contributed by atoms with Crippen molar-refractivity contribution in [3.63, 3.8) is 0 Å². The molecule has 0 fully saturated rings. The number of rotatable bonds is 3. The molecule has 0 bridgehead atoms. The summed E-state index contributed by atoms with van der Waals surface area (Å²) in [5.41, 5.74) is 1.95. The quantitative estimate of drug-likeness (QED) is 0.720. The summed E-state index contributed by atoms with van der Waals surface area (Å²) in [5.74, 6) is -0.445. The SMILES string of the molecule is Cc1c(Cl)cccc1C(=O)Cc1cccc(F)c1Br. The molecule has 19 heavy (non-hydrogen) atoms. The fourth-order valence-electron chi connectivity index (χ4n) is 1.86. The van der Waals surface area contributed by atoms with Crippen LogP contribution in [0.4, 0.5) is 4.39 Å². The Hall–Kier alpha value is -1.19. The Morgan fingerprint density at radius 3 is 2.68 bits per heavy atom. The van der Waals surface area contributed by atoms with E-state index in [0.29, 0.717) is 20.6 Å². The third-order valence-electron chi connectivity index (χ3n) is 2.95. The van der Waals surface area contributed by atoms with E-state index < -0.39 is 0 Å². The highest BCUT2D eigenvalue weighted by molar-refractivity contribution is 9.10. The highest BCUT2D eigenvalue weighted by Gasteiger charge is 2.14. The van der Waals surface area contributed by atoms with Crippen molar-refractivity contribution in [3.8, 4) is 0 Å². The molecule has 0 aliphatic heterocycles. The van der Waals surface area contributed by atoms with Gasteiger partial charge in [-0.1, -0.05) is 35.9 Å². The van der Waals surface area contributed by atoms with E-state index in [1.807, 2.05) is 0 Å². The fourth-order valence-corrected chi connectivity index (χ4v) is 2.44. The third kappa shape index (κ3) is 3.04. The number of benzene rings is 2. The number of hydrogen-bond acceptors (Lipinski definition) is 1. The molecule has 0 aliphatic rings. The van der Waals surface area contributed by atoms with Gasteiger partial charge in [0.15, 0.2) is 5.78 Å². The Bertz CT molecular complexity index is 640. The molecule has 2 rings (SSSR count). The predicted octanol–water partition coefficient (Wildman–Crippen LogP) is 4.98. The predicted molar refractivity (Wildman–Crippen MR) is 78.3 cm³/mol. The van der Waals surface area contributed by atoms with Crippen LogP contribution in [0.2, 0.25) is 5.02 Å². The van der Waals surface area contributed by atoms with Crippen LogP contribution in [0.1, 0.15) is 21.5 Å². The fraction of sp³-hybridized carbons (Fsp3) is 0.133. The summed E-state index contributed by atoms with van der Waals surface area (Å²) in [5, 5.41) is 0.559. The van der Waals surface area contributed by atoms with Crippen molar-refractivity contribution < 1.29 is 9.18 Å². The van der Waals surface area contributed by atoms with Crippen LogP contribution in [0, 0.1) is 12.7 Å². The van der Waals surface area contributed by atoms with Gasteiger partial charge in [-0.25, -0.2) is 4.39 Å². The second-order valence-electron chi connectivity index (χ2n) is 4.23. The average Bonchev–Trinajstić information content (AvgIpc) is 2.38. The minimum Gasteiger partial charge on any atom is -0.294 e. The van der Waals surface area contributed by atoms with Gasteiger partial charge in [0.2, 0.25) is 0 Å². The highest BCUT2D eigenvalue weighted by Crippen LogP contribution is 2.24.